The number of benzene rings is 1. The molecule has 1 aromatic carbocycles. The molecule has 0 aromatic heterocycles. The predicted molar refractivity (Wildman–Crippen MR) is 126 cm³/mol. The molecular formula is C25H39NO4S. The van der Waals surface area contributed by atoms with Crippen LogP contribution in [0.1, 0.15) is 118 Å². The number of rotatable bonds is 17. The van der Waals surface area contributed by atoms with E-state index in [1.54, 1.807) is 24.3 Å². The van der Waals surface area contributed by atoms with Crippen molar-refractivity contribution in [2.45, 2.75) is 96.8 Å². The third-order valence-electron chi connectivity index (χ3n) is 6.01. The molecule has 6 heteroatoms. The van der Waals surface area contributed by atoms with Crippen molar-refractivity contribution in [3.8, 4) is 0 Å². The maximum atomic E-state index is 12.4. The molecule has 0 radical (unpaired) electrons. The van der Waals surface area contributed by atoms with Crippen molar-refractivity contribution in [1.82, 2.24) is 4.90 Å². The summed E-state index contributed by atoms with van der Waals surface area (Å²) in [6.07, 6.45) is 16.9. The molecule has 0 aliphatic carbocycles. The van der Waals surface area contributed by atoms with E-state index in [4.69, 9.17) is 0 Å². The Hall–Kier alpha value is -1.69. The van der Waals surface area contributed by atoms with Crippen LogP contribution in [0.5, 0.6) is 0 Å². The maximum absolute atomic E-state index is 12.4. The first-order valence-corrected chi connectivity index (χ1v) is 13.9. The molecule has 31 heavy (non-hydrogen) atoms. The summed E-state index contributed by atoms with van der Waals surface area (Å²) in [6, 6.07) is 6.49. The Kier molecular flexibility index (Phi) is 11.3. The van der Waals surface area contributed by atoms with Crippen molar-refractivity contribution >= 4 is 21.7 Å². The SMILES string of the molecule is CCCCCCCCCCCCCCCCS(=O)(=O)CN1C(=O)c2ccccc2C1=O. The number of carbonyl (C=O) groups is 2. The molecule has 0 saturated carbocycles. The van der Waals surface area contributed by atoms with Crippen LogP contribution in [-0.4, -0.2) is 36.8 Å². The molecule has 0 fully saturated rings. The highest BCUT2D eigenvalue weighted by molar-refractivity contribution is 7.91. The van der Waals surface area contributed by atoms with Crippen LogP contribution in [0.25, 0.3) is 0 Å². The first-order chi connectivity index (χ1) is 15.0. The van der Waals surface area contributed by atoms with Crippen LogP contribution in [0, 0.1) is 0 Å². The monoisotopic (exact) mass is 449 g/mol. The summed E-state index contributed by atoms with van der Waals surface area (Å²) in [5, 5.41) is 0. The van der Waals surface area contributed by atoms with E-state index in [0.717, 1.165) is 24.2 Å². The zero-order valence-electron chi connectivity index (χ0n) is 19.1. The third-order valence-corrected chi connectivity index (χ3v) is 7.58. The van der Waals surface area contributed by atoms with Gasteiger partial charge in [-0.2, -0.15) is 0 Å². The van der Waals surface area contributed by atoms with Crippen molar-refractivity contribution < 1.29 is 18.0 Å². The largest absolute Gasteiger partial charge is 0.269 e. The summed E-state index contributed by atoms with van der Waals surface area (Å²) in [6.45, 7) is 2.25. The van der Waals surface area contributed by atoms with Gasteiger partial charge in [0.2, 0.25) is 0 Å². The minimum atomic E-state index is -3.48. The molecule has 0 N–H and O–H groups in total. The Morgan fingerprint density at radius 1 is 0.645 bits per heavy atom. The molecule has 0 atom stereocenters. The highest BCUT2D eigenvalue weighted by Gasteiger charge is 2.37. The van der Waals surface area contributed by atoms with Crippen LogP contribution >= 0.6 is 0 Å². The van der Waals surface area contributed by atoms with Crippen LogP contribution < -0.4 is 0 Å². The van der Waals surface area contributed by atoms with E-state index < -0.39 is 27.5 Å². The van der Waals surface area contributed by atoms with Gasteiger partial charge in [0.05, 0.1) is 16.9 Å². The van der Waals surface area contributed by atoms with Gasteiger partial charge in [0.25, 0.3) is 11.8 Å². The average Bonchev–Trinajstić information content (AvgIpc) is 2.99. The summed E-state index contributed by atoms with van der Waals surface area (Å²) >= 11 is 0. The minimum absolute atomic E-state index is 0.0262. The van der Waals surface area contributed by atoms with Crippen molar-refractivity contribution in [1.29, 1.82) is 0 Å². The van der Waals surface area contributed by atoms with Gasteiger partial charge in [-0.25, -0.2) is 8.42 Å². The van der Waals surface area contributed by atoms with E-state index in [-0.39, 0.29) is 5.75 Å². The lowest BCUT2D eigenvalue weighted by atomic mass is 10.0. The van der Waals surface area contributed by atoms with Gasteiger partial charge in [0.15, 0.2) is 9.84 Å². The van der Waals surface area contributed by atoms with E-state index >= 15 is 0 Å². The Bertz CT molecular complexity index is 768. The summed E-state index contributed by atoms with van der Waals surface area (Å²) in [7, 11) is -3.48. The number of imide groups is 1. The van der Waals surface area contributed by atoms with Gasteiger partial charge < -0.3 is 0 Å². The highest BCUT2D eigenvalue weighted by atomic mass is 32.2. The van der Waals surface area contributed by atoms with Gasteiger partial charge in [0, 0.05) is 0 Å². The van der Waals surface area contributed by atoms with Gasteiger partial charge >= 0.3 is 0 Å². The molecule has 174 valence electrons. The number of sulfone groups is 1. The highest BCUT2D eigenvalue weighted by Crippen LogP contribution is 2.23. The molecule has 1 heterocycles. The second-order valence-corrected chi connectivity index (χ2v) is 10.9. The fourth-order valence-electron chi connectivity index (χ4n) is 4.13. The number of amides is 2. The minimum Gasteiger partial charge on any atom is -0.269 e. The topological polar surface area (TPSA) is 71.5 Å². The van der Waals surface area contributed by atoms with Crippen molar-refractivity contribution in [2.75, 3.05) is 11.6 Å². The molecule has 0 bridgehead atoms. The number of unbranched alkanes of at least 4 members (excludes halogenated alkanes) is 13. The van der Waals surface area contributed by atoms with Crippen molar-refractivity contribution in [2.24, 2.45) is 0 Å². The molecular weight excluding hydrogens is 410 g/mol. The number of nitrogens with zero attached hydrogens (tertiary/aromatic N) is 1. The van der Waals surface area contributed by atoms with Crippen LogP contribution in [0.15, 0.2) is 24.3 Å². The number of carbonyl (C=O) groups excluding carboxylic acids is 2. The third kappa shape index (κ3) is 8.76. The van der Waals surface area contributed by atoms with Crippen molar-refractivity contribution in [3.05, 3.63) is 35.4 Å². The summed E-state index contributed by atoms with van der Waals surface area (Å²) in [5.74, 6) is -1.51. The van der Waals surface area contributed by atoms with Crippen LogP contribution in [-0.2, 0) is 9.84 Å². The van der Waals surface area contributed by atoms with E-state index in [1.807, 2.05) is 0 Å². The number of hydrogen-bond acceptors (Lipinski definition) is 4. The van der Waals surface area contributed by atoms with Gasteiger partial charge in [-0.05, 0) is 18.6 Å². The zero-order chi connectivity index (χ0) is 22.5. The Labute approximate surface area is 188 Å². The van der Waals surface area contributed by atoms with Crippen LogP contribution in [0.2, 0.25) is 0 Å². The standard InChI is InChI=1S/C25H39NO4S/c1-2-3-4-5-6-7-8-9-10-11-12-13-14-17-20-31(29,30)21-26-24(27)22-18-15-16-19-23(22)25(26)28/h15-16,18-19H,2-14,17,20-21H2,1H3. The molecule has 1 aliphatic heterocycles. The van der Waals surface area contributed by atoms with Crippen LogP contribution in [0.4, 0.5) is 0 Å². The summed E-state index contributed by atoms with van der Waals surface area (Å²) < 4.78 is 24.8. The average molecular weight is 450 g/mol. The smallest absolute Gasteiger partial charge is 0.262 e. The lowest BCUT2D eigenvalue weighted by molar-refractivity contribution is 0.0680. The Morgan fingerprint density at radius 2 is 1.03 bits per heavy atom. The van der Waals surface area contributed by atoms with Gasteiger partial charge in [-0.3, -0.25) is 14.5 Å². The molecule has 0 saturated heterocycles. The lowest BCUT2D eigenvalue weighted by Crippen LogP contribution is -2.35. The molecule has 1 aromatic rings. The summed E-state index contributed by atoms with van der Waals surface area (Å²) in [4.78, 5) is 25.5. The molecule has 1 aliphatic rings. The first kappa shape index (κ1) is 25.6. The van der Waals surface area contributed by atoms with E-state index in [1.165, 1.54) is 64.2 Å². The molecule has 2 amide bonds. The normalized spacial score (nSPS) is 13.8. The number of hydrogen-bond donors (Lipinski definition) is 0. The Morgan fingerprint density at radius 3 is 1.45 bits per heavy atom. The lowest BCUT2D eigenvalue weighted by Gasteiger charge is -2.14. The Balaban J connectivity index is 1.51. The van der Waals surface area contributed by atoms with Gasteiger partial charge in [0.1, 0.15) is 5.88 Å². The predicted octanol–water partition coefficient (Wildman–Crippen LogP) is 6.14. The zero-order valence-corrected chi connectivity index (χ0v) is 19.9. The second kappa shape index (κ2) is 13.7. The van der Waals surface area contributed by atoms with Gasteiger partial charge in [-0.15, -0.1) is 0 Å². The first-order valence-electron chi connectivity index (χ1n) is 12.1. The molecule has 5 nitrogen and oxygen atoms in total. The van der Waals surface area contributed by atoms with E-state index in [2.05, 4.69) is 6.92 Å². The molecule has 2 rings (SSSR count). The fraction of sp³-hybridized carbons (Fsp3) is 0.680. The number of fused-ring (bicyclic) bond motifs is 1. The maximum Gasteiger partial charge on any atom is 0.262 e. The van der Waals surface area contributed by atoms with Gasteiger partial charge in [-0.1, -0.05) is 103 Å². The molecule has 0 unspecified atom stereocenters. The quantitative estimate of drug-likeness (QED) is 0.212. The van der Waals surface area contributed by atoms with Crippen LogP contribution in [0.3, 0.4) is 0 Å². The second-order valence-electron chi connectivity index (χ2n) is 8.76. The van der Waals surface area contributed by atoms with E-state index in [9.17, 15) is 18.0 Å². The molecule has 0 spiro atoms. The fourth-order valence-corrected chi connectivity index (χ4v) is 5.54. The van der Waals surface area contributed by atoms with Crippen molar-refractivity contribution in [3.63, 3.8) is 0 Å². The summed E-state index contributed by atoms with van der Waals surface area (Å²) in [5.41, 5.74) is 0.582. The van der Waals surface area contributed by atoms with E-state index in [0.29, 0.717) is 17.5 Å².